The first-order chi connectivity index (χ1) is 12.8. The Labute approximate surface area is 162 Å². The summed E-state index contributed by atoms with van der Waals surface area (Å²) in [5.41, 5.74) is 5.41. The largest absolute Gasteiger partial charge is 0.496 e. The van der Waals surface area contributed by atoms with Gasteiger partial charge < -0.3 is 14.8 Å². The zero-order chi connectivity index (χ0) is 20.1. The van der Waals surface area contributed by atoms with E-state index in [9.17, 15) is 4.79 Å². The van der Waals surface area contributed by atoms with Crippen molar-refractivity contribution in [1.82, 2.24) is 5.32 Å². The summed E-state index contributed by atoms with van der Waals surface area (Å²) in [5, 5.41) is 3.13. The standard InChI is InChI=1S/C23H31NO3/c1-14(2)19-13-20(15(3)11-22(19)27-7)17(5)24-23(25)12-18-8-9-21(26-6)16(4)10-18/h8-11,13-14,17H,12H2,1-7H3,(H,24,25). The van der Waals surface area contributed by atoms with Crippen molar-refractivity contribution in [2.45, 2.75) is 53.0 Å². The smallest absolute Gasteiger partial charge is 0.224 e. The molecule has 0 radical (unpaired) electrons. The van der Waals surface area contributed by atoms with Crippen molar-refractivity contribution in [3.63, 3.8) is 0 Å². The lowest BCUT2D eigenvalue weighted by molar-refractivity contribution is -0.121. The molecule has 0 fully saturated rings. The second-order valence-corrected chi connectivity index (χ2v) is 7.38. The minimum absolute atomic E-state index is 0.00776. The Balaban J connectivity index is 2.14. The number of nitrogens with one attached hydrogen (secondary N) is 1. The van der Waals surface area contributed by atoms with Gasteiger partial charge >= 0.3 is 0 Å². The van der Waals surface area contributed by atoms with Crippen molar-refractivity contribution < 1.29 is 14.3 Å². The Morgan fingerprint density at radius 2 is 1.59 bits per heavy atom. The molecule has 27 heavy (non-hydrogen) atoms. The maximum atomic E-state index is 12.5. The molecule has 2 aromatic rings. The van der Waals surface area contributed by atoms with Gasteiger partial charge in [-0.1, -0.05) is 26.0 Å². The van der Waals surface area contributed by atoms with E-state index in [0.717, 1.165) is 39.3 Å². The summed E-state index contributed by atoms with van der Waals surface area (Å²) in [6, 6.07) is 9.98. The summed E-state index contributed by atoms with van der Waals surface area (Å²) >= 11 is 0. The fourth-order valence-electron chi connectivity index (χ4n) is 3.42. The van der Waals surface area contributed by atoms with Crippen LogP contribution in [0.1, 0.15) is 60.5 Å². The predicted molar refractivity (Wildman–Crippen MR) is 110 cm³/mol. The molecular weight excluding hydrogens is 338 g/mol. The van der Waals surface area contributed by atoms with E-state index in [0.29, 0.717) is 12.3 Å². The van der Waals surface area contributed by atoms with Crippen molar-refractivity contribution in [3.05, 3.63) is 58.1 Å². The molecule has 0 saturated carbocycles. The van der Waals surface area contributed by atoms with E-state index in [1.807, 2.05) is 32.0 Å². The molecule has 0 aromatic heterocycles. The van der Waals surface area contributed by atoms with Gasteiger partial charge in [-0.05, 0) is 72.7 Å². The van der Waals surface area contributed by atoms with Gasteiger partial charge in [0.05, 0.1) is 26.7 Å². The Kier molecular flexibility index (Phi) is 6.89. The van der Waals surface area contributed by atoms with E-state index < -0.39 is 0 Å². The van der Waals surface area contributed by atoms with Crippen molar-refractivity contribution in [2.24, 2.45) is 0 Å². The minimum atomic E-state index is -0.0692. The van der Waals surface area contributed by atoms with E-state index in [-0.39, 0.29) is 11.9 Å². The number of benzene rings is 2. The molecule has 0 saturated heterocycles. The Hall–Kier alpha value is -2.49. The highest BCUT2D eigenvalue weighted by Crippen LogP contribution is 2.32. The van der Waals surface area contributed by atoms with Gasteiger partial charge in [0.1, 0.15) is 11.5 Å². The molecule has 1 amide bonds. The van der Waals surface area contributed by atoms with Crippen LogP contribution in [0.25, 0.3) is 0 Å². The highest BCUT2D eigenvalue weighted by molar-refractivity contribution is 5.79. The van der Waals surface area contributed by atoms with Gasteiger partial charge in [0.2, 0.25) is 5.91 Å². The molecule has 146 valence electrons. The highest BCUT2D eigenvalue weighted by atomic mass is 16.5. The van der Waals surface area contributed by atoms with Gasteiger partial charge in [0.15, 0.2) is 0 Å². The van der Waals surface area contributed by atoms with Gasteiger partial charge in [-0.15, -0.1) is 0 Å². The monoisotopic (exact) mass is 369 g/mol. The number of carbonyl (C=O) groups excluding carboxylic acids is 1. The number of amides is 1. The van der Waals surface area contributed by atoms with Crippen LogP contribution in [-0.2, 0) is 11.2 Å². The molecule has 4 nitrogen and oxygen atoms in total. The van der Waals surface area contributed by atoms with Crippen LogP contribution in [0.4, 0.5) is 0 Å². The lowest BCUT2D eigenvalue weighted by Crippen LogP contribution is -2.28. The van der Waals surface area contributed by atoms with Crippen LogP contribution in [0.2, 0.25) is 0 Å². The molecule has 1 unspecified atom stereocenters. The maximum Gasteiger partial charge on any atom is 0.224 e. The normalized spacial score (nSPS) is 12.0. The van der Waals surface area contributed by atoms with Crippen LogP contribution in [-0.4, -0.2) is 20.1 Å². The summed E-state index contributed by atoms with van der Waals surface area (Å²) in [7, 11) is 3.35. The summed E-state index contributed by atoms with van der Waals surface area (Å²) in [5.74, 6) is 2.10. The zero-order valence-electron chi connectivity index (χ0n) is 17.5. The highest BCUT2D eigenvalue weighted by Gasteiger charge is 2.17. The maximum absolute atomic E-state index is 12.5. The summed E-state index contributed by atoms with van der Waals surface area (Å²) < 4.78 is 10.8. The van der Waals surface area contributed by atoms with E-state index in [2.05, 4.69) is 38.2 Å². The van der Waals surface area contributed by atoms with Crippen LogP contribution in [0.5, 0.6) is 11.5 Å². The quantitative estimate of drug-likeness (QED) is 0.758. The van der Waals surface area contributed by atoms with Crippen LogP contribution in [0.15, 0.2) is 30.3 Å². The number of hydrogen-bond donors (Lipinski definition) is 1. The minimum Gasteiger partial charge on any atom is -0.496 e. The Morgan fingerprint density at radius 1 is 0.926 bits per heavy atom. The number of ether oxygens (including phenoxy) is 2. The molecule has 1 atom stereocenters. The molecule has 0 aliphatic carbocycles. The topological polar surface area (TPSA) is 47.6 Å². The third kappa shape index (κ3) is 5.03. The first-order valence-electron chi connectivity index (χ1n) is 9.38. The zero-order valence-corrected chi connectivity index (χ0v) is 17.5. The molecule has 0 heterocycles. The molecule has 0 spiro atoms. The average molecular weight is 370 g/mol. The van der Waals surface area contributed by atoms with Crippen molar-refractivity contribution in [1.29, 1.82) is 0 Å². The van der Waals surface area contributed by atoms with Gasteiger partial charge in [-0.2, -0.15) is 0 Å². The summed E-state index contributed by atoms with van der Waals surface area (Å²) in [4.78, 5) is 12.5. The predicted octanol–water partition coefficient (Wildman–Crippen LogP) is 4.86. The number of aryl methyl sites for hydroxylation is 2. The molecule has 0 bridgehead atoms. The van der Waals surface area contributed by atoms with Gasteiger partial charge in [-0.3, -0.25) is 4.79 Å². The van der Waals surface area contributed by atoms with E-state index in [1.54, 1.807) is 14.2 Å². The van der Waals surface area contributed by atoms with Crippen molar-refractivity contribution >= 4 is 5.91 Å². The Morgan fingerprint density at radius 3 is 2.15 bits per heavy atom. The fourth-order valence-corrected chi connectivity index (χ4v) is 3.42. The first kappa shape index (κ1) is 20.8. The number of rotatable bonds is 7. The average Bonchev–Trinajstić information content (AvgIpc) is 2.60. The van der Waals surface area contributed by atoms with Crippen molar-refractivity contribution in [2.75, 3.05) is 14.2 Å². The van der Waals surface area contributed by atoms with Crippen LogP contribution in [0, 0.1) is 13.8 Å². The van der Waals surface area contributed by atoms with Crippen molar-refractivity contribution in [3.8, 4) is 11.5 Å². The number of hydrogen-bond acceptors (Lipinski definition) is 3. The van der Waals surface area contributed by atoms with Gasteiger partial charge in [0, 0.05) is 0 Å². The second-order valence-electron chi connectivity index (χ2n) is 7.38. The van der Waals surface area contributed by atoms with E-state index >= 15 is 0 Å². The molecule has 0 aliphatic heterocycles. The summed E-state index contributed by atoms with van der Waals surface area (Å²) in [6.45, 7) is 10.4. The van der Waals surface area contributed by atoms with Gasteiger partial charge in [-0.25, -0.2) is 0 Å². The third-order valence-electron chi connectivity index (χ3n) is 4.91. The Bertz CT molecular complexity index is 812. The number of methoxy groups -OCH3 is 2. The SMILES string of the molecule is COc1ccc(CC(=O)NC(C)c2cc(C(C)C)c(OC)cc2C)cc1C. The molecule has 1 N–H and O–H groups in total. The van der Waals surface area contributed by atoms with Gasteiger partial charge in [0.25, 0.3) is 0 Å². The lowest BCUT2D eigenvalue weighted by atomic mass is 9.93. The van der Waals surface area contributed by atoms with E-state index in [4.69, 9.17) is 9.47 Å². The molecule has 2 rings (SSSR count). The second kappa shape index (κ2) is 8.94. The van der Waals surface area contributed by atoms with Crippen LogP contribution in [0.3, 0.4) is 0 Å². The first-order valence-corrected chi connectivity index (χ1v) is 9.38. The van der Waals surface area contributed by atoms with E-state index in [1.165, 1.54) is 0 Å². The van der Waals surface area contributed by atoms with Crippen LogP contribution >= 0.6 is 0 Å². The third-order valence-corrected chi connectivity index (χ3v) is 4.91. The molecular formula is C23H31NO3. The molecule has 0 aliphatic rings. The molecule has 2 aromatic carbocycles. The lowest BCUT2D eigenvalue weighted by Gasteiger charge is -2.21. The summed E-state index contributed by atoms with van der Waals surface area (Å²) in [6.07, 6.45) is 0.349. The fraction of sp³-hybridized carbons (Fsp3) is 0.435. The molecule has 4 heteroatoms. The number of carbonyl (C=O) groups is 1. The van der Waals surface area contributed by atoms with Crippen LogP contribution < -0.4 is 14.8 Å².